The zero-order chi connectivity index (χ0) is 15.4. The Morgan fingerprint density at radius 2 is 2.00 bits per heavy atom. The number of anilines is 1. The van der Waals surface area contributed by atoms with Crippen molar-refractivity contribution in [1.29, 1.82) is 0 Å². The summed E-state index contributed by atoms with van der Waals surface area (Å²) in [5, 5.41) is 13.8. The maximum atomic E-state index is 10.9. The molecular weight excluding hydrogens is 296 g/mol. The lowest BCUT2D eigenvalue weighted by molar-refractivity contribution is -0.384. The highest BCUT2D eigenvalue weighted by atomic mass is 35.5. The van der Waals surface area contributed by atoms with Crippen molar-refractivity contribution in [3.05, 3.63) is 57.1 Å². The Hall–Kier alpha value is -2.60. The lowest BCUT2D eigenvalue weighted by Crippen LogP contribution is -1.97. The topological polar surface area (TPSA) is 81.5 Å². The van der Waals surface area contributed by atoms with Crippen LogP contribution in [-0.4, -0.2) is 11.3 Å². The standard InChI is InChI=1S/C14H11ClN2O4/c1-9-4-12(2-3-14(9)15)21-13-6-10(16-8-18)5-11(7-13)17(19)20/h2-8H,1H3,(H,16,18). The van der Waals surface area contributed by atoms with Crippen molar-refractivity contribution in [3.63, 3.8) is 0 Å². The number of nitrogens with zero attached hydrogens (tertiary/aromatic N) is 1. The molecule has 0 saturated carbocycles. The van der Waals surface area contributed by atoms with Gasteiger partial charge in [-0.05, 0) is 30.7 Å². The van der Waals surface area contributed by atoms with E-state index in [2.05, 4.69) is 5.32 Å². The summed E-state index contributed by atoms with van der Waals surface area (Å²) in [5.74, 6) is 0.740. The zero-order valence-electron chi connectivity index (χ0n) is 11.0. The number of hydrogen-bond donors (Lipinski definition) is 1. The molecule has 0 aliphatic rings. The first-order valence-corrected chi connectivity index (χ1v) is 6.31. The van der Waals surface area contributed by atoms with Crippen molar-refractivity contribution in [2.24, 2.45) is 0 Å². The third kappa shape index (κ3) is 3.70. The largest absolute Gasteiger partial charge is 0.457 e. The molecule has 0 atom stereocenters. The molecule has 0 aliphatic carbocycles. The van der Waals surface area contributed by atoms with Gasteiger partial charge < -0.3 is 10.1 Å². The molecule has 0 saturated heterocycles. The van der Waals surface area contributed by atoms with Gasteiger partial charge in [-0.1, -0.05) is 11.6 Å². The van der Waals surface area contributed by atoms with Crippen LogP contribution in [0.5, 0.6) is 11.5 Å². The molecule has 0 spiro atoms. The number of carbonyl (C=O) groups excluding carboxylic acids is 1. The molecule has 0 heterocycles. The van der Waals surface area contributed by atoms with Crippen LogP contribution >= 0.6 is 11.6 Å². The van der Waals surface area contributed by atoms with Crippen molar-refractivity contribution < 1.29 is 14.5 Å². The van der Waals surface area contributed by atoms with E-state index in [9.17, 15) is 14.9 Å². The Bertz CT molecular complexity index is 703. The fraction of sp³-hybridized carbons (Fsp3) is 0.0714. The summed E-state index contributed by atoms with van der Waals surface area (Å²) in [7, 11) is 0. The number of benzene rings is 2. The van der Waals surface area contributed by atoms with Crippen LogP contribution in [0.2, 0.25) is 5.02 Å². The highest BCUT2D eigenvalue weighted by Gasteiger charge is 2.11. The van der Waals surface area contributed by atoms with Gasteiger partial charge in [-0.25, -0.2) is 0 Å². The number of nitrogens with one attached hydrogen (secondary N) is 1. The van der Waals surface area contributed by atoms with E-state index >= 15 is 0 Å². The van der Waals surface area contributed by atoms with Crippen LogP contribution < -0.4 is 10.1 Å². The van der Waals surface area contributed by atoms with Crippen LogP contribution in [0, 0.1) is 17.0 Å². The number of rotatable bonds is 5. The molecule has 2 aromatic rings. The predicted octanol–water partition coefficient (Wildman–Crippen LogP) is 3.92. The van der Waals surface area contributed by atoms with Gasteiger partial charge in [0.2, 0.25) is 6.41 Å². The van der Waals surface area contributed by atoms with Crippen molar-refractivity contribution in [3.8, 4) is 11.5 Å². The molecule has 6 nitrogen and oxygen atoms in total. The molecular formula is C14H11ClN2O4. The Labute approximate surface area is 125 Å². The number of non-ortho nitro benzene ring substituents is 1. The molecule has 21 heavy (non-hydrogen) atoms. The Morgan fingerprint density at radius 1 is 1.24 bits per heavy atom. The minimum Gasteiger partial charge on any atom is -0.457 e. The Morgan fingerprint density at radius 3 is 2.62 bits per heavy atom. The van der Waals surface area contributed by atoms with Crippen LogP contribution in [0.4, 0.5) is 11.4 Å². The van der Waals surface area contributed by atoms with Gasteiger partial charge in [-0.15, -0.1) is 0 Å². The van der Waals surface area contributed by atoms with Crippen molar-refractivity contribution >= 4 is 29.4 Å². The Kier molecular flexibility index (Phi) is 4.39. The van der Waals surface area contributed by atoms with E-state index in [1.807, 2.05) is 6.92 Å². The number of nitro groups is 1. The summed E-state index contributed by atoms with van der Waals surface area (Å²) in [6.45, 7) is 1.82. The van der Waals surface area contributed by atoms with Gasteiger partial charge in [0.15, 0.2) is 0 Å². The minimum absolute atomic E-state index is 0.178. The third-order valence-corrected chi connectivity index (χ3v) is 3.12. The molecule has 0 aliphatic heterocycles. The van der Waals surface area contributed by atoms with E-state index in [4.69, 9.17) is 16.3 Å². The molecule has 1 amide bonds. The van der Waals surface area contributed by atoms with Gasteiger partial charge >= 0.3 is 0 Å². The lowest BCUT2D eigenvalue weighted by Gasteiger charge is -2.09. The van der Waals surface area contributed by atoms with Crippen LogP contribution in [0.3, 0.4) is 0 Å². The van der Waals surface area contributed by atoms with Crippen LogP contribution in [0.25, 0.3) is 0 Å². The van der Waals surface area contributed by atoms with E-state index in [1.165, 1.54) is 18.2 Å². The maximum absolute atomic E-state index is 10.9. The zero-order valence-corrected chi connectivity index (χ0v) is 11.8. The molecule has 0 fully saturated rings. The second-order valence-electron chi connectivity index (χ2n) is 4.25. The molecule has 0 aromatic heterocycles. The van der Waals surface area contributed by atoms with E-state index in [0.29, 0.717) is 17.2 Å². The van der Waals surface area contributed by atoms with E-state index in [-0.39, 0.29) is 17.1 Å². The van der Waals surface area contributed by atoms with Gasteiger partial charge in [-0.2, -0.15) is 0 Å². The molecule has 0 unspecified atom stereocenters. The van der Waals surface area contributed by atoms with E-state index in [0.717, 1.165) is 5.56 Å². The second-order valence-corrected chi connectivity index (χ2v) is 4.66. The number of ether oxygens (including phenoxy) is 1. The first-order chi connectivity index (χ1) is 9.99. The summed E-state index contributed by atoms with van der Waals surface area (Å²) in [5.41, 5.74) is 0.924. The average Bonchev–Trinajstić information content (AvgIpc) is 2.43. The van der Waals surface area contributed by atoms with Gasteiger partial charge in [0.1, 0.15) is 11.5 Å². The summed E-state index contributed by atoms with van der Waals surface area (Å²) in [6.07, 6.45) is 0.440. The average molecular weight is 307 g/mol. The number of aryl methyl sites for hydroxylation is 1. The quantitative estimate of drug-likeness (QED) is 0.515. The monoisotopic (exact) mass is 306 g/mol. The van der Waals surface area contributed by atoms with Gasteiger partial charge in [-0.3, -0.25) is 14.9 Å². The molecule has 2 aromatic carbocycles. The second kappa shape index (κ2) is 6.23. The predicted molar refractivity (Wildman–Crippen MR) is 79.0 cm³/mol. The molecule has 108 valence electrons. The van der Waals surface area contributed by atoms with Crippen molar-refractivity contribution in [1.82, 2.24) is 0 Å². The number of carbonyl (C=O) groups is 1. The summed E-state index contributed by atoms with van der Waals surface area (Å²) >= 11 is 5.92. The fourth-order valence-electron chi connectivity index (χ4n) is 1.72. The number of nitro benzene ring substituents is 1. The normalized spacial score (nSPS) is 10.0. The first-order valence-electron chi connectivity index (χ1n) is 5.93. The SMILES string of the molecule is Cc1cc(Oc2cc(NC=O)cc([N+](=O)[O-])c2)ccc1Cl. The summed E-state index contributed by atoms with van der Waals surface area (Å²) < 4.78 is 5.57. The van der Waals surface area contributed by atoms with E-state index in [1.54, 1.807) is 18.2 Å². The molecule has 7 heteroatoms. The van der Waals surface area contributed by atoms with Crippen molar-refractivity contribution in [2.75, 3.05) is 5.32 Å². The van der Waals surface area contributed by atoms with Crippen LogP contribution in [0.15, 0.2) is 36.4 Å². The smallest absolute Gasteiger partial charge is 0.275 e. The van der Waals surface area contributed by atoms with Gasteiger partial charge in [0, 0.05) is 17.2 Å². The number of hydrogen-bond acceptors (Lipinski definition) is 4. The highest BCUT2D eigenvalue weighted by molar-refractivity contribution is 6.31. The van der Waals surface area contributed by atoms with Crippen LogP contribution in [-0.2, 0) is 4.79 Å². The van der Waals surface area contributed by atoms with Gasteiger partial charge in [0.25, 0.3) is 5.69 Å². The summed E-state index contributed by atoms with van der Waals surface area (Å²) in [4.78, 5) is 20.8. The van der Waals surface area contributed by atoms with E-state index < -0.39 is 4.92 Å². The molecule has 1 N–H and O–H groups in total. The molecule has 2 rings (SSSR count). The third-order valence-electron chi connectivity index (χ3n) is 2.69. The highest BCUT2D eigenvalue weighted by Crippen LogP contribution is 2.31. The first kappa shape index (κ1) is 14.8. The summed E-state index contributed by atoms with van der Waals surface area (Å²) in [6, 6.07) is 9.06. The Balaban J connectivity index is 2.35. The van der Waals surface area contributed by atoms with Gasteiger partial charge in [0.05, 0.1) is 16.7 Å². The molecule has 0 bridgehead atoms. The number of amides is 1. The molecule has 0 radical (unpaired) electrons. The minimum atomic E-state index is -0.560. The van der Waals surface area contributed by atoms with Crippen molar-refractivity contribution in [2.45, 2.75) is 6.92 Å². The van der Waals surface area contributed by atoms with Crippen LogP contribution in [0.1, 0.15) is 5.56 Å². The maximum Gasteiger partial charge on any atom is 0.275 e. The fourth-order valence-corrected chi connectivity index (χ4v) is 1.83. The number of halogens is 1. The lowest BCUT2D eigenvalue weighted by atomic mass is 10.2.